The highest BCUT2D eigenvalue weighted by Crippen LogP contribution is 2.23. The fourth-order valence-electron chi connectivity index (χ4n) is 1.99. The normalized spacial score (nSPS) is 15.4. The molecule has 0 fully saturated rings. The van der Waals surface area contributed by atoms with E-state index < -0.39 is 8.80 Å². The minimum atomic E-state index is -2.44. The van der Waals surface area contributed by atoms with Crippen LogP contribution in [0.25, 0.3) is 0 Å². The quantitative estimate of drug-likeness (QED) is 0.592. The summed E-state index contributed by atoms with van der Waals surface area (Å²) in [5, 5.41) is 0. The Hall–Kier alpha value is -0.423. The van der Waals surface area contributed by atoms with Gasteiger partial charge in [0, 0.05) is 25.9 Å². The summed E-state index contributed by atoms with van der Waals surface area (Å²) >= 11 is 0. The lowest BCUT2D eigenvalue weighted by Crippen LogP contribution is -2.45. The zero-order valence-corrected chi connectivity index (χ0v) is 12.2. The molecule has 0 aromatic rings. The second kappa shape index (κ2) is 7.82. The Labute approximate surface area is 106 Å². The molecule has 0 N–H and O–H groups in total. The van der Waals surface area contributed by atoms with Crippen LogP contribution in [0.4, 0.5) is 0 Å². The molecule has 1 rings (SSSR count). The van der Waals surface area contributed by atoms with Crippen LogP contribution in [0.1, 0.15) is 33.6 Å². The van der Waals surface area contributed by atoms with Crippen molar-refractivity contribution in [1.82, 2.24) is 0 Å². The molecule has 98 valence electrons. The third kappa shape index (κ3) is 4.75. The van der Waals surface area contributed by atoms with Crippen LogP contribution in [0.15, 0.2) is 23.8 Å². The number of allylic oxidation sites excluding steroid dienone is 4. The van der Waals surface area contributed by atoms with Gasteiger partial charge in [-0.3, -0.25) is 0 Å². The Morgan fingerprint density at radius 2 is 1.65 bits per heavy atom. The average Bonchev–Trinajstić information content (AvgIpc) is 2.80. The molecule has 0 aliphatic heterocycles. The monoisotopic (exact) mass is 256 g/mol. The van der Waals surface area contributed by atoms with Crippen molar-refractivity contribution in [3.63, 3.8) is 0 Å². The van der Waals surface area contributed by atoms with Gasteiger partial charge < -0.3 is 13.3 Å². The molecule has 0 amide bonds. The lowest BCUT2D eigenvalue weighted by atomic mass is 10.2. The number of hydrogen-bond acceptors (Lipinski definition) is 3. The van der Waals surface area contributed by atoms with Crippen molar-refractivity contribution < 1.29 is 13.3 Å². The van der Waals surface area contributed by atoms with E-state index in [2.05, 4.69) is 18.2 Å². The molecule has 0 aromatic heterocycles. The highest BCUT2D eigenvalue weighted by molar-refractivity contribution is 6.60. The smallest absolute Gasteiger partial charge is 0.374 e. The molecule has 4 heteroatoms. The van der Waals surface area contributed by atoms with Crippen LogP contribution in [0.2, 0.25) is 6.04 Å². The van der Waals surface area contributed by atoms with Crippen molar-refractivity contribution in [1.29, 1.82) is 0 Å². The maximum absolute atomic E-state index is 5.81. The summed E-state index contributed by atoms with van der Waals surface area (Å²) in [4.78, 5) is 0. The summed E-state index contributed by atoms with van der Waals surface area (Å²) in [7, 11) is -2.44. The van der Waals surface area contributed by atoms with Crippen LogP contribution >= 0.6 is 0 Å². The lowest BCUT2D eigenvalue weighted by molar-refractivity contribution is 0.0714. The van der Waals surface area contributed by atoms with Crippen LogP contribution in [0.3, 0.4) is 0 Å². The highest BCUT2D eigenvalue weighted by atomic mass is 28.4. The van der Waals surface area contributed by atoms with E-state index in [-0.39, 0.29) is 0 Å². The van der Waals surface area contributed by atoms with Gasteiger partial charge in [0.25, 0.3) is 0 Å². The molecule has 17 heavy (non-hydrogen) atoms. The van der Waals surface area contributed by atoms with Crippen LogP contribution < -0.4 is 0 Å². The number of hydrogen-bond donors (Lipinski definition) is 0. The van der Waals surface area contributed by atoms with Gasteiger partial charge >= 0.3 is 8.80 Å². The van der Waals surface area contributed by atoms with Crippen molar-refractivity contribution in [3.8, 4) is 0 Å². The van der Waals surface area contributed by atoms with Gasteiger partial charge in [0.1, 0.15) is 0 Å². The zero-order valence-electron chi connectivity index (χ0n) is 11.2. The van der Waals surface area contributed by atoms with E-state index in [1.165, 1.54) is 5.57 Å². The zero-order chi connectivity index (χ0) is 12.6. The molecular formula is C13H24O3Si. The lowest BCUT2D eigenvalue weighted by Gasteiger charge is -2.28. The van der Waals surface area contributed by atoms with Crippen LogP contribution in [-0.2, 0) is 13.3 Å². The third-order valence-corrected chi connectivity index (χ3v) is 5.71. The SMILES string of the molecule is CCO[Si](CCC1=CCC=C1)(OCC)OCC. The van der Waals surface area contributed by atoms with Crippen molar-refractivity contribution in [2.45, 2.75) is 39.7 Å². The molecule has 0 atom stereocenters. The average molecular weight is 256 g/mol. The van der Waals surface area contributed by atoms with Gasteiger partial charge in [-0.2, -0.15) is 0 Å². The van der Waals surface area contributed by atoms with Crippen LogP contribution in [-0.4, -0.2) is 28.6 Å². The first-order valence-corrected chi connectivity index (χ1v) is 8.47. The Morgan fingerprint density at radius 3 is 2.06 bits per heavy atom. The first-order chi connectivity index (χ1) is 8.26. The van der Waals surface area contributed by atoms with E-state index in [0.29, 0.717) is 19.8 Å². The Bertz CT molecular complexity index is 257. The summed E-state index contributed by atoms with van der Waals surface area (Å²) in [6, 6.07) is 0.874. The second-order valence-electron chi connectivity index (χ2n) is 3.90. The minimum Gasteiger partial charge on any atom is -0.374 e. The number of rotatable bonds is 9. The molecule has 0 radical (unpaired) electrons. The molecule has 0 saturated heterocycles. The van der Waals surface area contributed by atoms with Crippen molar-refractivity contribution in [2.24, 2.45) is 0 Å². The molecule has 0 bridgehead atoms. The maximum Gasteiger partial charge on any atom is 0.501 e. The van der Waals surface area contributed by atoms with Gasteiger partial charge in [-0.15, -0.1) is 0 Å². The van der Waals surface area contributed by atoms with Gasteiger partial charge in [-0.1, -0.05) is 23.8 Å². The summed E-state index contributed by atoms with van der Waals surface area (Å²) in [6.45, 7) is 7.95. The van der Waals surface area contributed by atoms with Gasteiger partial charge in [-0.25, -0.2) is 0 Å². The van der Waals surface area contributed by atoms with E-state index in [9.17, 15) is 0 Å². The molecule has 1 aliphatic carbocycles. The highest BCUT2D eigenvalue weighted by Gasteiger charge is 2.39. The summed E-state index contributed by atoms with van der Waals surface area (Å²) in [5.41, 5.74) is 1.38. The van der Waals surface area contributed by atoms with Crippen molar-refractivity contribution in [2.75, 3.05) is 19.8 Å². The summed E-state index contributed by atoms with van der Waals surface area (Å²) in [5.74, 6) is 0. The molecule has 3 nitrogen and oxygen atoms in total. The first kappa shape index (κ1) is 14.6. The molecule has 0 saturated carbocycles. The fraction of sp³-hybridized carbons (Fsp3) is 0.692. The molecule has 1 aliphatic rings. The predicted octanol–water partition coefficient (Wildman–Crippen LogP) is 3.31. The predicted molar refractivity (Wildman–Crippen MR) is 71.9 cm³/mol. The van der Waals surface area contributed by atoms with E-state index in [0.717, 1.165) is 18.9 Å². The largest absolute Gasteiger partial charge is 0.501 e. The topological polar surface area (TPSA) is 27.7 Å². The van der Waals surface area contributed by atoms with Gasteiger partial charge in [-0.05, 0) is 33.6 Å². The van der Waals surface area contributed by atoms with Crippen LogP contribution in [0.5, 0.6) is 0 Å². The molecular weight excluding hydrogens is 232 g/mol. The Kier molecular flexibility index (Phi) is 6.73. The van der Waals surface area contributed by atoms with Crippen LogP contribution in [0, 0.1) is 0 Å². The van der Waals surface area contributed by atoms with Crippen molar-refractivity contribution >= 4 is 8.80 Å². The Morgan fingerprint density at radius 1 is 1.06 bits per heavy atom. The molecule has 0 heterocycles. The second-order valence-corrected chi connectivity index (χ2v) is 6.63. The maximum atomic E-state index is 5.81. The minimum absolute atomic E-state index is 0.654. The first-order valence-electron chi connectivity index (χ1n) is 6.53. The fourth-order valence-corrected chi connectivity index (χ4v) is 4.59. The van der Waals surface area contributed by atoms with Crippen molar-refractivity contribution in [3.05, 3.63) is 23.8 Å². The standard InChI is InChI=1S/C13H24O3Si/c1-4-14-17(15-5-2,16-6-3)12-11-13-9-7-8-10-13/h7,9-10H,4-6,8,11-12H2,1-3H3. The third-order valence-electron chi connectivity index (χ3n) is 2.66. The van der Waals surface area contributed by atoms with E-state index in [4.69, 9.17) is 13.3 Å². The molecule has 0 spiro atoms. The van der Waals surface area contributed by atoms with Gasteiger partial charge in [0.2, 0.25) is 0 Å². The molecule has 0 aromatic carbocycles. The van der Waals surface area contributed by atoms with E-state index in [1.807, 2.05) is 20.8 Å². The summed E-state index contributed by atoms with van der Waals surface area (Å²) < 4.78 is 17.4. The van der Waals surface area contributed by atoms with E-state index >= 15 is 0 Å². The summed E-state index contributed by atoms with van der Waals surface area (Å²) in [6.07, 6.45) is 8.66. The van der Waals surface area contributed by atoms with E-state index in [1.54, 1.807) is 0 Å². The van der Waals surface area contributed by atoms with Gasteiger partial charge in [0.05, 0.1) is 0 Å². The van der Waals surface area contributed by atoms with Gasteiger partial charge in [0.15, 0.2) is 0 Å². The molecule has 0 unspecified atom stereocenters. The Balaban J connectivity index is 2.55.